The first-order chi connectivity index (χ1) is 7.58. The van der Waals surface area contributed by atoms with E-state index in [0.717, 1.165) is 18.7 Å². The fraction of sp³-hybridized carbons (Fsp3) is 0.750. The minimum Gasteiger partial charge on any atom is -0.329 e. The fourth-order valence-electron chi connectivity index (χ4n) is 1.74. The Balaban J connectivity index is 2.56. The molecule has 0 aliphatic heterocycles. The van der Waals surface area contributed by atoms with E-state index < -0.39 is 0 Å². The molecule has 0 spiro atoms. The molecule has 0 aromatic carbocycles. The molecule has 16 heavy (non-hydrogen) atoms. The van der Waals surface area contributed by atoms with Crippen molar-refractivity contribution in [3.63, 3.8) is 0 Å². The summed E-state index contributed by atoms with van der Waals surface area (Å²) in [6.07, 6.45) is 0.984. The van der Waals surface area contributed by atoms with Crippen LogP contribution in [0.1, 0.15) is 32.2 Å². The minimum atomic E-state index is 0.375. The molecule has 0 saturated heterocycles. The maximum absolute atomic E-state index is 5.72. The molecule has 0 aliphatic carbocycles. The maximum Gasteiger partial charge on any atom is 0.0625 e. The third-order valence-electron chi connectivity index (χ3n) is 2.99. The molecule has 1 heterocycles. The van der Waals surface area contributed by atoms with E-state index in [4.69, 9.17) is 5.73 Å². The number of rotatable bonds is 6. The molecule has 0 amide bonds. The van der Waals surface area contributed by atoms with Crippen molar-refractivity contribution in [2.45, 2.75) is 39.8 Å². The van der Waals surface area contributed by atoms with E-state index in [1.807, 2.05) is 11.7 Å². The summed E-state index contributed by atoms with van der Waals surface area (Å²) in [4.78, 5) is 0. The number of nitrogens with one attached hydrogen (secondary N) is 1. The van der Waals surface area contributed by atoms with Crippen LogP contribution in [0.25, 0.3) is 0 Å². The van der Waals surface area contributed by atoms with Crippen LogP contribution >= 0.6 is 0 Å². The van der Waals surface area contributed by atoms with Crippen molar-refractivity contribution in [2.75, 3.05) is 6.54 Å². The predicted molar refractivity (Wildman–Crippen MR) is 67.1 cm³/mol. The molecule has 4 nitrogen and oxygen atoms in total. The van der Waals surface area contributed by atoms with Gasteiger partial charge in [0.2, 0.25) is 0 Å². The van der Waals surface area contributed by atoms with Gasteiger partial charge in [0.05, 0.1) is 11.4 Å². The summed E-state index contributed by atoms with van der Waals surface area (Å²) >= 11 is 0. The number of nitrogens with two attached hydrogens (primary N) is 1. The average molecular weight is 224 g/mol. The van der Waals surface area contributed by atoms with E-state index in [9.17, 15) is 0 Å². The highest BCUT2D eigenvalue weighted by atomic mass is 15.3. The van der Waals surface area contributed by atoms with Crippen LogP contribution in [0.2, 0.25) is 0 Å². The summed E-state index contributed by atoms with van der Waals surface area (Å²) in [7, 11) is 1.99. The highest BCUT2D eigenvalue weighted by Gasteiger charge is 2.11. The van der Waals surface area contributed by atoms with Crippen LogP contribution in [0, 0.1) is 5.92 Å². The smallest absolute Gasteiger partial charge is 0.0625 e. The number of aromatic nitrogens is 2. The summed E-state index contributed by atoms with van der Waals surface area (Å²) in [6.45, 7) is 8.01. The van der Waals surface area contributed by atoms with Gasteiger partial charge in [-0.3, -0.25) is 4.68 Å². The fourth-order valence-corrected chi connectivity index (χ4v) is 1.74. The topological polar surface area (TPSA) is 55.9 Å². The van der Waals surface area contributed by atoms with Crippen LogP contribution in [0.5, 0.6) is 0 Å². The lowest BCUT2D eigenvalue weighted by atomic mass is 10.0. The lowest BCUT2D eigenvalue weighted by Crippen LogP contribution is -2.40. The predicted octanol–water partition coefficient (Wildman–Crippen LogP) is 1.06. The van der Waals surface area contributed by atoms with Gasteiger partial charge < -0.3 is 11.1 Å². The summed E-state index contributed by atoms with van der Waals surface area (Å²) in [5.74, 6) is 0.559. The molecule has 0 saturated carbocycles. The molecular formula is C12H24N4. The Labute approximate surface area is 98.2 Å². The highest BCUT2D eigenvalue weighted by Crippen LogP contribution is 2.06. The third-order valence-corrected chi connectivity index (χ3v) is 2.99. The van der Waals surface area contributed by atoms with Gasteiger partial charge in [0, 0.05) is 26.2 Å². The zero-order valence-electron chi connectivity index (χ0n) is 10.8. The number of nitrogens with zero attached hydrogens (tertiary/aromatic N) is 2. The van der Waals surface area contributed by atoms with Crippen molar-refractivity contribution < 1.29 is 0 Å². The van der Waals surface area contributed by atoms with Gasteiger partial charge in [0.1, 0.15) is 0 Å². The van der Waals surface area contributed by atoms with Gasteiger partial charge in [-0.05, 0) is 18.4 Å². The Morgan fingerprint density at radius 2 is 2.19 bits per heavy atom. The minimum absolute atomic E-state index is 0.375. The molecule has 1 atom stereocenters. The van der Waals surface area contributed by atoms with Crippen LogP contribution in [-0.4, -0.2) is 22.4 Å². The second-order valence-electron chi connectivity index (χ2n) is 4.57. The molecular weight excluding hydrogens is 200 g/mol. The molecule has 1 unspecified atom stereocenters. The van der Waals surface area contributed by atoms with Crippen molar-refractivity contribution >= 4 is 0 Å². The Morgan fingerprint density at radius 1 is 1.50 bits per heavy atom. The molecule has 92 valence electrons. The Kier molecular flexibility index (Phi) is 4.96. The zero-order chi connectivity index (χ0) is 12.1. The lowest BCUT2D eigenvalue weighted by molar-refractivity contribution is 0.399. The van der Waals surface area contributed by atoms with Crippen LogP contribution in [0.3, 0.4) is 0 Å². The maximum atomic E-state index is 5.72. The molecule has 0 radical (unpaired) electrons. The van der Waals surface area contributed by atoms with Crippen molar-refractivity contribution in [2.24, 2.45) is 18.7 Å². The van der Waals surface area contributed by atoms with Gasteiger partial charge >= 0.3 is 0 Å². The van der Waals surface area contributed by atoms with Gasteiger partial charge in [0.25, 0.3) is 0 Å². The van der Waals surface area contributed by atoms with Crippen LogP contribution in [-0.2, 0) is 20.0 Å². The van der Waals surface area contributed by atoms with Gasteiger partial charge in [-0.1, -0.05) is 20.8 Å². The first-order valence-electron chi connectivity index (χ1n) is 6.03. The van der Waals surface area contributed by atoms with E-state index in [0.29, 0.717) is 18.5 Å². The Morgan fingerprint density at radius 3 is 2.62 bits per heavy atom. The van der Waals surface area contributed by atoms with Crippen molar-refractivity contribution in [3.8, 4) is 0 Å². The molecule has 0 aliphatic rings. The SMILES string of the molecule is CCc1cc(CNC(CN)C(C)C)n(C)n1. The van der Waals surface area contributed by atoms with E-state index in [-0.39, 0.29) is 0 Å². The van der Waals surface area contributed by atoms with Crippen molar-refractivity contribution in [3.05, 3.63) is 17.5 Å². The average Bonchev–Trinajstić information content (AvgIpc) is 2.60. The van der Waals surface area contributed by atoms with Crippen molar-refractivity contribution in [1.82, 2.24) is 15.1 Å². The quantitative estimate of drug-likeness (QED) is 0.759. The van der Waals surface area contributed by atoms with E-state index in [2.05, 4.69) is 37.3 Å². The molecule has 4 heteroatoms. The Bertz CT molecular complexity index is 317. The first-order valence-corrected chi connectivity index (χ1v) is 6.03. The van der Waals surface area contributed by atoms with E-state index in [1.54, 1.807) is 0 Å². The summed E-state index contributed by atoms with van der Waals surface area (Å²) in [5.41, 5.74) is 8.09. The summed E-state index contributed by atoms with van der Waals surface area (Å²) < 4.78 is 1.94. The Hall–Kier alpha value is -0.870. The number of hydrogen-bond acceptors (Lipinski definition) is 3. The molecule has 0 bridgehead atoms. The lowest BCUT2D eigenvalue weighted by Gasteiger charge is -2.20. The van der Waals surface area contributed by atoms with Crippen LogP contribution < -0.4 is 11.1 Å². The second kappa shape index (κ2) is 6.01. The normalized spacial score (nSPS) is 13.4. The van der Waals surface area contributed by atoms with Crippen molar-refractivity contribution in [1.29, 1.82) is 0 Å². The molecule has 0 fully saturated rings. The highest BCUT2D eigenvalue weighted by molar-refractivity contribution is 5.10. The van der Waals surface area contributed by atoms with E-state index in [1.165, 1.54) is 5.69 Å². The summed E-state index contributed by atoms with van der Waals surface area (Å²) in [6, 6.07) is 2.53. The standard InChI is InChI=1S/C12H24N4/c1-5-10-6-11(16(4)15-10)8-14-12(7-13)9(2)3/h6,9,12,14H,5,7-8,13H2,1-4H3. The van der Waals surface area contributed by atoms with E-state index >= 15 is 0 Å². The zero-order valence-corrected chi connectivity index (χ0v) is 10.8. The van der Waals surface area contributed by atoms with Gasteiger partial charge in [-0.2, -0.15) is 5.10 Å². The van der Waals surface area contributed by atoms with Gasteiger partial charge in [-0.15, -0.1) is 0 Å². The molecule has 1 rings (SSSR count). The first kappa shape index (κ1) is 13.2. The van der Waals surface area contributed by atoms with Gasteiger partial charge in [0.15, 0.2) is 0 Å². The number of hydrogen-bond donors (Lipinski definition) is 2. The number of aryl methyl sites for hydroxylation is 2. The summed E-state index contributed by atoms with van der Waals surface area (Å²) in [5, 5.41) is 7.90. The molecule has 3 N–H and O–H groups in total. The van der Waals surface area contributed by atoms with Crippen LogP contribution in [0.4, 0.5) is 0 Å². The molecule has 1 aromatic heterocycles. The second-order valence-corrected chi connectivity index (χ2v) is 4.57. The monoisotopic (exact) mass is 224 g/mol. The third kappa shape index (κ3) is 3.32. The van der Waals surface area contributed by atoms with Crippen LogP contribution in [0.15, 0.2) is 6.07 Å². The largest absolute Gasteiger partial charge is 0.329 e. The molecule has 1 aromatic rings. The van der Waals surface area contributed by atoms with Gasteiger partial charge in [-0.25, -0.2) is 0 Å².